The van der Waals surface area contributed by atoms with Crippen LogP contribution in [0.4, 0.5) is 5.00 Å². The summed E-state index contributed by atoms with van der Waals surface area (Å²) in [5.41, 5.74) is 1.71. The van der Waals surface area contributed by atoms with E-state index in [1.54, 1.807) is 7.11 Å². The molecular weight excluding hydrogens is 365 g/mol. The molecule has 0 fully saturated rings. The van der Waals surface area contributed by atoms with Crippen molar-refractivity contribution in [2.75, 3.05) is 19.5 Å². The lowest BCUT2D eigenvalue weighted by Crippen LogP contribution is -2.19. The lowest BCUT2D eigenvalue weighted by atomic mass is 10.00. The second-order valence-corrected chi connectivity index (χ2v) is 6.79. The molecule has 128 valence electrons. The Bertz CT molecular complexity index is 576. The highest BCUT2D eigenvalue weighted by molar-refractivity contribution is 7.16. The summed E-state index contributed by atoms with van der Waals surface area (Å²) in [7, 11) is 2.93. The molecule has 2 rings (SSSR count). The maximum Gasteiger partial charge on any atom is 0.313 e. The number of esters is 1. The van der Waals surface area contributed by atoms with E-state index >= 15 is 0 Å². The predicted octanol–water partition coefficient (Wildman–Crippen LogP) is 2.65. The summed E-state index contributed by atoms with van der Waals surface area (Å²) in [5, 5.41) is 3.32. The van der Waals surface area contributed by atoms with Crippen molar-refractivity contribution in [3.8, 4) is 0 Å². The maximum absolute atomic E-state index is 11.9. The lowest BCUT2D eigenvalue weighted by molar-refractivity contribution is -0.142. The number of thiophene rings is 1. The summed E-state index contributed by atoms with van der Waals surface area (Å²) in [6, 6.07) is 0. The molecule has 0 spiro atoms. The molecule has 0 aliphatic heterocycles. The minimum Gasteiger partial charge on any atom is -0.469 e. The van der Waals surface area contributed by atoms with Crippen LogP contribution in [0, 0.1) is 0 Å². The number of alkyl halides is 2. The number of anilines is 1. The molecule has 1 heterocycles. The van der Waals surface area contributed by atoms with Crippen LogP contribution in [0.15, 0.2) is 0 Å². The van der Waals surface area contributed by atoms with Gasteiger partial charge >= 0.3 is 5.97 Å². The Morgan fingerprint density at radius 1 is 1.39 bits per heavy atom. The number of hydrogen-bond acceptors (Lipinski definition) is 6. The predicted molar refractivity (Wildman–Crippen MR) is 89.4 cm³/mol. The van der Waals surface area contributed by atoms with E-state index < -0.39 is 10.7 Å². The number of carbonyl (C=O) groups is 3. The van der Waals surface area contributed by atoms with Crippen LogP contribution in [-0.4, -0.2) is 37.7 Å². The fourth-order valence-corrected chi connectivity index (χ4v) is 3.87. The molecule has 0 saturated carbocycles. The van der Waals surface area contributed by atoms with Crippen LogP contribution in [0.1, 0.15) is 28.3 Å². The Balaban J connectivity index is 0.00000127. The van der Waals surface area contributed by atoms with Crippen LogP contribution < -0.4 is 5.32 Å². The number of nitrogens with one attached hydrogen (secondary N) is 1. The molecule has 0 aromatic carbocycles. The molecule has 1 aromatic heterocycles. The standard InChI is InChI=1S/C13H15Cl2NO4S.CH2O/c1-19-5-7-9-6(13(18)20-2)3-4-8(9)21-12(7)16-11(17)10(14)15;1-2/h6,10H,3-5H2,1-2H3,(H,16,17);1H2. The monoisotopic (exact) mass is 381 g/mol. The molecule has 1 atom stereocenters. The largest absolute Gasteiger partial charge is 0.469 e. The molecule has 1 aliphatic carbocycles. The van der Waals surface area contributed by atoms with Gasteiger partial charge in [0.15, 0.2) is 4.84 Å². The molecule has 0 bridgehead atoms. The number of hydrogen-bond donors (Lipinski definition) is 1. The van der Waals surface area contributed by atoms with Gasteiger partial charge in [0, 0.05) is 17.6 Å². The van der Waals surface area contributed by atoms with E-state index in [-0.39, 0.29) is 11.9 Å². The third kappa shape index (κ3) is 4.44. The first-order chi connectivity index (χ1) is 11.0. The van der Waals surface area contributed by atoms with Gasteiger partial charge in [-0.05, 0) is 18.4 Å². The van der Waals surface area contributed by atoms with Gasteiger partial charge < -0.3 is 19.6 Å². The topological polar surface area (TPSA) is 81.7 Å². The number of amides is 1. The van der Waals surface area contributed by atoms with E-state index in [4.69, 9.17) is 37.5 Å². The van der Waals surface area contributed by atoms with Gasteiger partial charge in [-0.15, -0.1) is 11.3 Å². The van der Waals surface area contributed by atoms with Crippen LogP contribution in [0.25, 0.3) is 0 Å². The average Bonchev–Trinajstić information content (AvgIpc) is 3.09. The van der Waals surface area contributed by atoms with Crippen LogP contribution in [0.2, 0.25) is 0 Å². The summed E-state index contributed by atoms with van der Waals surface area (Å²) in [6.45, 7) is 2.30. The summed E-state index contributed by atoms with van der Waals surface area (Å²) in [5.74, 6) is -1.07. The quantitative estimate of drug-likeness (QED) is 0.626. The molecular formula is C14H17Cl2NO5S. The first kappa shape index (κ1) is 19.9. The Hall–Kier alpha value is -1.15. The SMILES string of the molecule is C=O.COCc1c(NC(=O)C(Cl)Cl)sc2c1C(C(=O)OC)CC2. The lowest BCUT2D eigenvalue weighted by Gasteiger charge is -2.12. The molecule has 6 nitrogen and oxygen atoms in total. The van der Waals surface area contributed by atoms with Crippen LogP contribution in [-0.2, 0) is 36.9 Å². The van der Waals surface area contributed by atoms with E-state index in [0.717, 1.165) is 22.4 Å². The van der Waals surface area contributed by atoms with Crippen molar-refractivity contribution in [1.29, 1.82) is 0 Å². The minimum atomic E-state index is -1.14. The highest BCUT2D eigenvalue weighted by atomic mass is 35.5. The van der Waals surface area contributed by atoms with E-state index in [1.807, 2.05) is 6.79 Å². The zero-order valence-electron chi connectivity index (χ0n) is 12.7. The van der Waals surface area contributed by atoms with Gasteiger partial charge in [-0.1, -0.05) is 23.2 Å². The number of carbonyl (C=O) groups excluding carboxylic acids is 3. The average molecular weight is 382 g/mol. The van der Waals surface area contributed by atoms with Gasteiger partial charge in [0.05, 0.1) is 19.6 Å². The molecule has 9 heteroatoms. The number of aryl methyl sites for hydroxylation is 1. The Morgan fingerprint density at radius 2 is 2.04 bits per heavy atom. The fraction of sp³-hybridized carbons (Fsp3) is 0.500. The second kappa shape index (κ2) is 9.22. The Morgan fingerprint density at radius 3 is 2.57 bits per heavy atom. The van der Waals surface area contributed by atoms with Crippen molar-refractivity contribution in [3.63, 3.8) is 0 Å². The van der Waals surface area contributed by atoms with Crippen LogP contribution in [0.5, 0.6) is 0 Å². The summed E-state index contributed by atoms with van der Waals surface area (Å²) >= 11 is 12.5. The van der Waals surface area contributed by atoms with Crippen molar-refractivity contribution in [2.24, 2.45) is 0 Å². The molecule has 1 amide bonds. The summed E-state index contributed by atoms with van der Waals surface area (Å²) < 4.78 is 10.0. The third-order valence-electron chi connectivity index (χ3n) is 3.34. The van der Waals surface area contributed by atoms with Crippen molar-refractivity contribution in [3.05, 3.63) is 16.0 Å². The molecule has 1 N–H and O–H groups in total. The van der Waals surface area contributed by atoms with Gasteiger partial charge in [0.2, 0.25) is 0 Å². The van der Waals surface area contributed by atoms with Gasteiger partial charge in [0.25, 0.3) is 5.91 Å². The number of ether oxygens (including phenoxy) is 2. The Kier molecular flexibility index (Phi) is 7.98. The van der Waals surface area contributed by atoms with Crippen molar-refractivity contribution < 1.29 is 23.9 Å². The van der Waals surface area contributed by atoms with E-state index in [1.165, 1.54) is 18.4 Å². The van der Waals surface area contributed by atoms with Crippen LogP contribution in [0.3, 0.4) is 0 Å². The smallest absolute Gasteiger partial charge is 0.313 e. The minimum absolute atomic E-state index is 0.269. The molecule has 1 unspecified atom stereocenters. The zero-order valence-corrected chi connectivity index (χ0v) is 15.0. The van der Waals surface area contributed by atoms with E-state index in [2.05, 4.69) is 5.32 Å². The highest BCUT2D eigenvalue weighted by Crippen LogP contribution is 2.45. The Labute approximate surface area is 148 Å². The molecule has 0 radical (unpaired) electrons. The molecule has 0 saturated heterocycles. The third-order valence-corrected chi connectivity index (χ3v) is 4.96. The second-order valence-electron chi connectivity index (χ2n) is 4.58. The molecule has 23 heavy (non-hydrogen) atoms. The zero-order chi connectivity index (χ0) is 17.6. The van der Waals surface area contributed by atoms with E-state index in [9.17, 15) is 9.59 Å². The van der Waals surface area contributed by atoms with Crippen molar-refractivity contribution in [1.82, 2.24) is 0 Å². The van der Waals surface area contributed by atoms with Gasteiger partial charge in [-0.2, -0.15) is 0 Å². The van der Waals surface area contributed by atoms with Gasteiger partial charge in [0.1, 0.15) is 11.8 Å². The molecule has 1 aromatic rings. The van der Waals surface area contributed by atoms with Crippen molar-refractivity contribution in [2.45, 2.75) is 30.2 Å². The maximum atomic E-state index is 11.9. The number of rotatable bonds is 5. The molecule has 1 aliphatic rings. The van der Waals surface area contributed by atoms with Crippen LogP contribution >= 0.6 is 34.5 Å². The van der Waals surface area contributed by atoms with E-state index in [0.29, 0.717) is 18.0 Å². The van der Waals surface area contributed by atoms with Gasteiger partial charge in [-0.25, -0.2) is 0 Å². The van der Waals surface area contributed by atoms with Crippen molar-refractivity contribution >= 4 is 58.2 Å². The summed E-state index contributed by atoms with van der Waals surface area (Å²) in [4.78, 5) is 31.5. The number of methoxy groups -OCH3 is 2. The number of fused-ring (bicyclic) bond motifs is 1. The highest BCUT2D eigenvalue weighted by Gasteiger charge is 2.35. The van der Waals surface area contributed by atoms with Gasteiger partial charge in [-0.3, -0.25) is 9.59 Å². The fourth-order valence-electron chi connectivity index (χ4n) is 2.47. The summed E-state index contributed by atoms with van der Waals surface area (Å²) in [6.07, 6.45) is 1.49. The first-order valence-electron chi connectivity index (χ1n) is 6.58. The number of halogens is 2. The first-order valence-corrected chi connectivity index (χ1v) is 8.27. The normalized spacial score (nSPS) is 15.6.